The molecule has 1 aliphatic carbocycles. The third-order valence-electron chi connectivity index (χ3n) is 3.32. The number of aromatic nitrogens is 3. The van der Waals surface area contributed by atoms with E-state index in [1.54, 1.807) is 0 Å². The highest BCUT2D eigenvalue weighted by Crippen LogP contribution is 2.27. The highest BCUT2D eigenvalue weighted by molar-refractivity contribution is 9.10. The van der Waals surface area contributed by atoms with E-state index in [1.807, 2.05) is 31.2 Å². The third kappa shape index (κ3) is 3.44. The Labute approximate surface area is 141 Å². The maximum atomic E-state index is 12.0. The van der Waals surface area contributed by atoms with Gasteiger partial charge in [0.05, 0.1) is 5.25 Å². The summed E-state index contributed by atoms with van der Waals surface area (Å²) in [5.41, 5.74) is 0.867. The number of amides is 1. The first-order chi connectivity index (χ1) is 10.5. The Balaban J connectivity index is 1.74. The molecular weight excluding hydrogens is 366 g/mol. The summed E-state index contributed by atoms with van der Waals surface area (Å²) in [5.74, 6) is 6.65. The molecule has 0 unspecified atom stereocenters. The van der Waals surface area contributed by atoms with Gasteiger partial charge in [-0.15, -0.1) is 10.2 Å². The molecule has 1 saturated carbocycles. The number of rotatable bonds is 5. The zero-order valence-corrected chi connectivity index (χ0v) is 14.4. The number of nitrogens with one attached hydrogen (secondary N) is 1. The topological polar surface area (TPSA) is 85.8 Å². The minimum absolute atomic E-state index is 0.0134. The zero-order chi connectivity index (χ0) is 15.7. The molecule has 116 valence electrons. The first kappa shape index (κ1) is 15.4. The van der Waals surface area contributed by atoms with Gasteiger partial charge in [0.2, 0.25) is 11.1 Å². The lowest BCUT2D eigenvalue weighted by atomic mass is 10.2. The molecule has 1 aliphatic rings. The van der Waals surface area contributed by atoms with Crippen LogP contribution in [0.2, 0.25) is 0 Å². The Bertz CT molecular complexity index is 700. The van der Waals surface area contributed by atoms with Crippen molar-refractivity contribution in [2.45, 2.75) is 36.2 Å². The second-order valence-corrected chi connectivity index (χ2v) is 7.45. The molecule has 0 saturated heterocycles. The predicted octanol–water partition coefficient (Wildman–Crippen LogP) is 2.18. The fourth-order valence-corrected chi connectivity index (χ4v) is 3.12. The molecule has 8 heteroatoms. The second-order valence-electron chi connectivity index (χ2n) is 5.23. The van der Waals surface area contributed by atoms with Crippen molar-refractivity contribution in [2.75, 3.05) is 5.84 Å². The van der Waals surface area contributed by atoms with E-state index in [2.05, 4.69) is 31.4 Å². The number of nitrogen functional groups attached to an aromatic ring is 1. The molecule has 1 heterocycles. The number of carbonyl (C=O) groups is 1. The van der Waals surface area contributed by atoms with Gasteiger partial charge < -0.3 is 11.2 Å². The molecule has 3 N–H and O–H groups in total. The molecule has 6 nitrogen and oxygen atoms in total. The van der Waals surface area contributed by atoms with E-state index in [1.165, 1.54) is 16.4 Å². The SMILES string of the molecule is C[C@@H](Sc1nnc(-c2cccc(Br)c2)n1N)C(=O)NC1CC1. The van der Waals surface area contributed by atoms with Gasteiger partial charge in [-0.3, -0.25) is 4.79 Å². The normalized spacial score (nSPS) is 15.5. The van der Waals surface area contributed by atoms with Gasteiger partial charge in [-0.05, 0) is 31.9 Å². The number of nitrogens with zero attached hydrogens (tertiary/aromatic N) is 3. The van der Waals surface area contributed by atoms with Gasteiger partial charge >= 0.3 is 0 Å². The largest absolute Gasteiger partial charge is 0.352 e. The van der Waals surface area contributed by atoms with Gasteiger partial charge in [0.1, 0.15) is 0 Å². The van der Waals surface area contributed by atoms with Crippen LogP contribution in [-0.2, 0) is 4.79 Å². The van der Waals surface area contributed by atoms with Crippen LogP contribution in [0.25, 0.3) is 11.4 Å². The first-order valence-corrected chi connectivity index (χ1v) is 8.65. The van der Waals surface area contributed by atoms with E-state index in [4.69, 9.17) is 5.84 Å². The number of nitrogens with two attached hydrogens (primary N) is 1. The van der Waals surface area contributed by atoms with Crippen LogP contribution in [0, 0.1) is 0 Å². The predicted molar refractivity (Wildman–Crippen MR) is 89.8 cm³/mol. The minimum Gasteiger partial charge on any atom is -0.352 e. The summed E-state index contributed by atoms with van der Waals surface area (Å²) >= 11 is 4.73. The maximum absolute atomic E-state index is 12.0. The van der Waals surface area contributed by atoms with Crippen molar-refractivity contribution in [2.24, 2.45) is 0 Å². The molecule has 1 fully saturated rings. The maximum Gasteiger partial charge on any atom is 0.233 e. The highest BCUT2D eigenvalue weighted by Gasteiger charge is 2.27. The summed E-state index contributed by atoms with van der Waals surface area (Å²) in [5, 5.41) is 11.5. The Hall–Kier alpha value is -1.54. The van der Waals surface area contributed by atoms with Crippen molar-refractivity contribution in [3.05, 3.63) is 28.7 Å². The summed E-state index contributed by atoms with van der Waals surface area (Å²) in [6.07, 6.45) is 2.15. The molecule has 22 heavy (non-hydrogen) atoms. The number of hydrogen-bond acceptors (Lipinski definition) is 5. The Morgan fingerprint density at radius 1 is 1.50 bits per heavy atom. The van der Waals surface area contributed by atoms with Crippen LogP contribution in [0.1, 0.15) is 19.8 Å². The van der Waals surface area contributed by atoms with E-state index in [-0.39, 0.29) is 11.2 Å². The summed E-state index contributed by atoms with van der Waals surface area (Å²) in [6.45, 7) is 1.84. The second kappa shape index (κ2) is 6.29. The number of thioether (sulfide) groups is 1. The molecular formula is C14H16BrN5OS. The summed E-state index contributed by atoms with van der Waals surface area (Å²) in [7, 11) is 0. The fourth-order valence-electron chi connectivity index (χ4n) is 1.94. The van der Waals surface area contributed by atoms with Gasteiger partial charge in [0.15, 0.2) is 5.82 Å². The monoisotopic (exact) mass is 381 g/mol. The van der Waals surface area contributed by atoms with Gasteiger partial charge in [0, 0.05) is 16.1 Å². The standard InChI is InChI=1S/C14H16BrN5OS/c1-8(13(21)17-11-5-6-11)22-14-19-18-12(20(14)16)9-3-2-4-10(15)7-9/h2-4,7-8,11H,5-6,16H2,1H3,(H,17,21)/t8-/m1/s1. The van der Waals surface area contributed by atoms with Crippen LogP contribution in [0.15, 0.2) is 33.9 Å². The van der Waals surface area contributed by atoms with Crippen molar-refractivity contribution in [3.8, 4) is 11.4 Å². The van der Waals surface area contributed by atoms with Crippen LogP contribution in [0.3, 0.4) is 0 Å². The molecule has 0 spiro atoms. The molecule has 1 amide bonds. The first-order valence-electron chi connectivity index (χ1n) is 6.98. The zero-order valence-electron chi connectivity index (χ0n) is 12.0. The van der Waals surface area contributed by atoms with E-state index in [0.29, 0.717) is 17.0 Å². The minimum atomic E-state index is -0.262. The number of halogens is 1. The quantitative estimate of drug-likeness (QED) is 0.612. The molecule has 1 atom stereocenters. The van der Waals surface area contributed by atoms with Gasteiger partial charge in [0.25, 0.3) is 0 Å². The molecule has 0 aliphatic heterocycles. The molecule has 3 rings (SSSR count). The van der Waals surface area contributed by atoms with Gasteiger partial charge in [-0.1, -0.05) is 39.8 Å². The molecule has 0 bridgehead atoms. The van der Waals surface area contributed by atoms with Gasteiger partial charge in [-0.25, -0.2) is 4.68 Å². The highest BCUT2D eigenvalue weighted by atomic mass is 79.9. The Morgan fingerprint density at radius 3 is 2.95 bits per heavy atom. The average Bonchev–Trinajstić information content (AvgIpc) is 3.23. The van der Waals surface area contributed by atoms with Crippen LogP contribution in [0.4, 0.5) is 0 Å². The summed E-state index contributed by atoms with van der Waals surface area (Å²) in [6, 6.07) is 8.03. The Kier molecular flexibility index (Phi) is 4.39. The van der Waals surface area contributed by atoms with Crippen molar-refractivity contribution >= 4 is 33.6 Å². The van der Waals surface area contributed by atoms with Gasteiger partial charge in [-0.2, -0.15) is 0 Å². The van der Waals surface area contributed by atoms with E-state index in [9.17, 15) is 4.79 Å². The van der Waals surface area contributed by atoms with Crippen LogP contribution < -0.4 is 11.2 Å². The molecule has 0 radical (unpaired) electrons. The van der Waals surface area contributed by atoms with Crippen molar-refractivity contribution < 1.29 is 4.79 Å². The number of benzene rings is 1. The number of carbonyl (C=O) groups excluding carboxylic acids is 1. The van der Waals surface area contributed by atoms with E-state index in [0.717, 1.165) is 22.9 Å². The number of hydrogen-bond donors (Lipinski definition) is 2. The lowest BCUT2D eigenvalue weighted by Crippen LogP contribution is -2.32. The van der Waals surface area contributed by atoms with E-state index >= 15 is 0 Å². The lowest BCUT2D eigenvalue weighted by Gasteiger charge is -2.10. The van der Waals surface area contributed by atoms with Crippen LogP contribution in [-0.4, -0.2) is 32.1 Å². The van der Waals surface area contributed by atoms with Crippen molar-refractivity contribution in [3.63, 3.8) is 0 Å². The van der Waals surface area contributed by atoms with Crippen molar-refractivity contribution in [1.29, 1.82) is 0 Å². The lowest BCUT2D eigenvalue weighted by molar-refractivity contribution is -0.120. The van der Waals surface area contributed by atoms with Crippen LogP contribution >= 0.6 is 27.7 Å². The van der Waals surface area contributed by atoms with E-state index < -0.39 is 0 Å². The smallest absolute Gasteiger partial charge is 0.233 e. The van der Waals surface area contributed by atoms with Crippen LogP contribution in [0.5, 0.6) is 0 Å². The third-order valence-corrected chi connectivity index (χ3v) is 4.87. The molecule has 1 aromatic heterocycles. The summed E-state index contributed by atoms with van der Waals surface area (Å²) < 4.78 is 2.37. The Morgan fingerprint density at radius 2 is 2.27 bits per heavy atom. The molecule has 2 aromatic rings. The summed E-state index contributed by atoms with van der Waals surface area (Å²) in [4.78, 5) is 12.0. The average molecular weight is 382 g/mol. The van der Waals surface area contributed by atoms with Crippen molar-refractivity contribution in [1.82, 2.24) is 20.2 Å². The fraction of sp³-hybridized carbons (Fsp3) is 0.357. The molecule has 1 aromatic carbocycles.